The largest absolute Gasteiger partial charge is 0.450 e. The van der Waals surface area contributed by atoms with E-state index in [-0.39, 0.29) is 29.4 Å². The number of amides is 2. The van der Waals surface area contributed by atoms with Gasteiger partial charge in [-0.25, -0.2) is 9.67 Å². The highest BCUT2D eigenvalue weighted by atomic mass is 79.9. The van der Waals surface area contributed by atoms with Crippen LogP contribution in [0.5, 0.6) is 0 Å². The Morgan fingerprint density at radius 3 is 2.55 bits per heavy atom. The van der Waals surface area contributed by atoms with Gasteiger partial charge in [0.1, 0.15) is 12.2 Å². The molecule has 38 heavy (non-hydrogen) atoms. The molecule has 2 heterocycles. The van der Waals surface area contributed by atoms with E-state index in [1.54, 1.807) is 45.0 Å². The van der Waals surface area contributed by atoms with Crippen LogP contribution in [0.1, 0.15) is 44.6 Å². The number of nitrogens with zero attached hydrogens (tertiary/aromatic N) is 6. The van der Waals surface area contributed by atoms with Crippen molar-refractivity contribution in [1.29, 1.82) is 0 Å². The van der Waals surface area contributed by atoms with E-state index in [9.17, 15) is 22.8 Å². The molecular formula is C23H23BrF3N9O2. The summed E-state index contributed by atoms with van der Waals surface area (Å²) < 4.78 is 39.3. The Hall–Kier alpha value is -4.14. The number of hydrogen-bond acceptors (Lipinski definition) is 6. The number of pyridine rings is 1. The van der Waals surface area contributed by atoms with Gasteiger partial charge in [0.25, 0.3) is 11.8 Å². The highest BCUT2D eigenvalue weighted by molar-refractivity contribution is 9.10. The van der Waals surface area contributed by atoms with E-state index in [1.807, 2.05) is 0 Å². The number of hydrogen-bond donors (Lipinski definition) is 3. The number of halogens is 4. The Balaban J connectivity index is 2.00. The van der Waals surface area contributed by atoms with Crippen LogP contribution in [0, 0.1) is 13.8 Å². The number of anilines is 1. The summed E-state index contributed by atoms with van der Waals surface area (Å²) in [6.07, 6.45) is -3.31. The summed E-state index contributed by atoms with van der Waals surface area (Å²) >= 11 is 3.37. The quantitative estimate of drug-likeness (QED) is 0.153. The number of benzene rings is 1. The lowest BCUT2D eigenvalue weighted by molar-refractivity contribution is -0.0600. The van der Waals surface area contributed by atoms with Crippen molar-refractivity contribution in [1.82, 2.24) is 20.1 Å². The normalized spacial score (nSPS) is 12.1. The SMILES string of the molecule is CCNC(=O)c1cc(Br)cc(C)c1NC(=O)c1cc(CN=NN=C(N)C(F)(F)F)nn1-c1ncccc1C. The summed E-state index contributed by atoms with van der Waals surface area (Å²) in [7, 11) is 0. The Kier molecular flexibility index (Phi) is 8.93. The second-order valence-corrected chi connectivity index (χ2v) is 8.82. The first kappa shape index (κ1) is 28.4. The third-order valence-corrected chi connectivity index (χ3v) is 5.49. The van der Waals surface area contributed by atoms with Crippen LogP contribution >= 0.6 is 15.9 Å². The molecule has 0 aliphatic heterocycles. The van der Waals surface area contributed by atoms with Crippen LogP contribution in [-0.4, -0.2) is 45.1 Å². The van der Waals surface area contributed by atoms with Crippen molar-refractivity contribution in [3.05, 3.63) is 69.1 Å². The van der Waals surface area contributed by atoms with E-state index in [2.05, 4.69) is 52.1 Å². The number of amidine groups is 1. The fourth-order valence-corrected chi connectivity index (χ4v) is 3.86. The van der Waals surface area contributed by atoms with Gasteiger partial charge in [-0.2, -0.15) is 23.4 Å². The second-order valence-electron chi connectivity index (χ2n) is 7.91. The highest BCUT2D eigenvalue weighted by Gasteiger charge is 2.34. The van der Waals surface area contributed by atoms with Gasteiger partial charge >= 0.3 is 6.18 Å². The monoisotopic (exact) mass is 593 g/mol. The molecule has 0 atom stereocenters. The molecule has 15 heteroatoms. The van der Waals surface area contributed by atoms with E-state index in [0.717, 1.165) is 0 Å². The first-order valence-electron chi connectivity index (χ1n) is 11.1. The van der Waals surface area contributed by atoms with Crippen LogP contribution in [0.25, 0.3) is 5.82 Å². The van der Waals surface area contributed by atoms with Gasteiger partial charge in [-0.05, 0) is 61.4 Å². The Morgan fingerprint density at radius 2 is 1.89 bits per heavy atom. The molecule has 0 saturated heterocycles. The van der Waals surface area contributed by atoms with E-state index < -0.39 is 17.9 Å². The maximum absolute atomic E-state index is 13.5. The van der Waals surface area contributed by atoms with Crippen molar-refractivity contribution < 1.29 is 22.8 Å². The smallest absolute Gasteiger partial charge is 0.378 e. The molecule has 2 aromatic heterocycles. The second kappa shape index (κ2) is 11.9. The van der Waals surface area contributed by atoms with Gasteiger partial charge < -0.3 is 16.4 Å². The molecule has 3 aromatic rings. The average molecular weight is 594 g/mol. The molecule has 0 aliphatic rings. The lowest BCUT2D eigenvalue weighted by Crippen LogP contribution is -2.30. The molecule has 0 fully saturated rings. The van der Waals surface area contributed by atoms with Crippen molar-refractivity contribution in [2.45, 2.75) is 33.5 Å². The summed E-state index contributed by atoms with van der Waals surface area (Å²) in [6, 6.07) is 8.21. The Bertz CT molecular complexity index is 1420. The summed E-state index contributed by atoms with van der Waals surface area (Å²) in [5, 5.41) is 19.3. The van der Waals surface area contributed by atoms with Gasteiger partial charge in [-0.15, -0.1) is 5.10 Å². The first-order chi connectivity index (χ1) is 17.9. The number of rotatable bonds is 8. The molecule has 1 aromatic carbocycles. The topological polar surface area (TPSA) is 152 Å². The van der Waals surface area contributed by atoms with E-state index in [4.69, 9.17) is 5.73 Å². The van der Waals surface area contributed by atoms with Crippen LogP contribution < -0.4 is 16.4 Å². The van der Waals surface area contributed by atoms with Crippen LogP contribution in [-0.2, 0) is 6.54 Å². The minimum Gasteiger partial charge on any atom is -0.378 e. The lowest BCUT2D eigenvalue weighted by atomic mass is 10.1. The first-order valence-corrected chi connectivity index (χ1v) is 11.9. The fourth-order valence-electron chi connectivity index (χ4n) is 3.29. The van der Waals surface area contributed by atoms with Gasteiger partial charge in [0.15, 0.2) is 5.82 Å². The van der Waals surface area contributed by atoms with Crippen LogP contribution in [0.3, 0.4) is 0 Å². The van der Waals surface area contributed by atoms with Crippen molar-refractivity contribution in [3.8, 4) is 5.82 Å². The average Bonchev–Trinajstić information content (AvgIpc) is 3.27. The highest BCUT2D eigenvalue weighted by Crippen LogP contribution is 2.27. The maximum atomic E-state index is 13.5. The predicted molar refractivity (Wildman–Crippen MR) is 137 cm³/mol. The van der Waals surface area contributed by atoms with Crippen molar-refractivity contribution in [2.75, 3.05) is 11.9 Å². The number of carbonyl (C=O) groups is 2. The number of nitrogens with one attached hydrogen (secondary N) is 2. The Labute approximate surface area is 223 Å². The van der Waals surface area contributed by atoms with Crippen LogP contribution in [0.2, 0.25) is 0 Å². The minimum atomic E-state index is -4.83. The molecule has 3 rings (SSSR count). The maximum Gasteiger partial charge on any atom is 0.450 e. The minimum absolute atomic E-state index is 0.0412. The summed E-state index contributed by atoms with van der Waals surface area (Å²) in [5.74, 6) is -2.29. The molecule has 4 N–H and O–H groups in total. The number of carbonyl (C=O) groups excluding carboxylic acids is 2. The van der Waals surface area contributed by atoms with Crippen molar-refractivity contribution in [3.63, 3.8) is 0 Å². The number of nitrogens with two attached hydrogens (primary N) is 1. The van der Waals surface area contributed by atoms with Gasteiger partial charge in [0, 0.05) is 17.2 Å². The van der Waals surface area contributed by atoms with Crippen LogP contribution in [0.15, 0.2) is 56.4 Å². The van der Waals surface area contributed by atoms with E-state index in [1.165, 1.54) is 16.9 Å². The Morgan fingerprint density at radius 1 is 1.16 bits per heavy atom. The number of aryl methyl sites for hydroxylation is 2. The fraction of sp³-hybridized carbons (Fsp3) is 0.261. The van der Waals surface area contributed by atoms with Crippen molar-refractivity contribution in [2.24, 2.45) is 21.2 Å². The standard InChI is InChI=1S/C23H23BrF3N9O2/c1-4-29-20(37)16-9-14(24)8-13(3)18(16)32-21(38)17-10-15(11-31-35-33-22(28)23(25,26)27)34-36(17)19-12(2)6-5-7-30-19/h5-10H,4,11H2,1-3H3,(H,29,37)(H,32,38)(H2,28,31,33). The van der Waals surface area contributed by atoms with Gasteiger partial charge in [-0.1, -0.05) is 22.0 Å². The summed E-state index contributed by atoms with van der Waals surface area (Å²) in [4.78, 5) is 30.4. The van der Waals surface area contributed by atoms with E-state index in [0.29, 0.717) is 33.6 Å². The van der Waals surface area contributed by atoms with E-state index >= 15 is 0 Å². The molecule has 200 valence electrons. The van der Waals surface area contributed by atoms with Gasteiger partial charge in [0.2, 0.25) is 5.84 Å². The van der Waals surface area contributed by atoms with Gasteiger partial charge in [0.05, 0.1) is 16.9 Å². The molecule has 0 bridgehead atoms. The zero-order valence-corrected chi connectivity index (χ0v) is 22.1. The predicted octanol–water partition coefficient (Wildman–Crippen LogP) is 4.44. The molecule has 0 aliphatic carbocycles. The zero-order chi connectivity index (χ0) is 28.0. The molecule has 0 unspecified atom stereocenters. The molecule has 0 spiro atoms. The summed E-state index contributed by atoms with van der Waals surface area (Å²) in [6.45, 7) is 5.37. The molecule has 0 radical (unpaired) electrons. The number of alkyl halides is 3. The summed E-state index contributed by atoms with van der Waals surface area (Å²) in [5.41, 5.74) is 6.91. The molecule has 11 nitrogen and oxygen atoms in total. The van der Waals surface area contributed by atoms with Crippen LogP contribution in [0.4, 0.5) is 18.9 Å². The third-order valence-electron chi connectivity index (χ3n) is 5.03. The number of aromatic nitrogens is 3. The zero-order valence-electron chi connectivity index (χ0n) is 20.5. The molecular weight excluding hydrogens is 571 g/mol. The molecule has 0 saturated carbocycles. The third kappa shape index (κ3) is 6.79. The van der Waals surface area contributed by atoms with Gasteiger partial charge in [-0.3, -0.25) is 9.59 Å². The molecule has 2 amide bonds. The lowest BCUT2D eigenvalue weighted by Gasteiger charge is -2.15. The van der Waals surface area contributed by atoms with Crippen molar-refractivity contribution >= 4 is 39.3 Å².